The molecule has 156 valence electrons. The van der Waals surface area contributed by atoms with E-state index >= 15 is 0 Å². The molecule has 7 nitrogen and oxygen atoms in total. The number of hydrogen-bond donors (Lipinski definition) is 2. The van der Waals surface area contributed by atoms with Crippen molar-refractivity contribution < 1.29 is 9.59 Å². The van der Waals surface area contributed by atoms with Crippen LogP contribution in [-0.2, 0) is 11.3 Å². The fourth-order valence-corrected chi connectivity index (χ4v) is 3.42. The van der Waals surface area contributed by atoms with E-state index in [1.165, 1.54) is 17.0 Å². The van der Waals surface area contributed by atoms with E-state index < -0.39 is 0 Å². The van der Waals surface area contributed by atoms with Gasteiger partial charge in [0, 0.05) is 28.5 Å². The molecule has 0 atom stereocenters. The minimum Gasteiger partial charge on any atom is -0.350 e. The number of nitrogens with one attached hydrogen (secondary N) is 2. The standard InChI is InChI=1S/C21H20BrClN4O3/c1-12(2)25-20(29)15-5-4-14(23)10-18(15)26-19(28)7-8-27-11-24-17-6-3-13(22)9-16(17)21(27)30/h3-6,9-12H,7-8H2,1-2H3,(H,25,29)(H,26,28). The van der Waals surface area contributed by atoms with Gasteiger partial charge in [-0.3, -0.25) is 19.0 Å². The Morgan fingerprint density at radius 3 is 2.70 bits per heavy atom. The molecule has 1 aromatic heterocycles. The predicted octanol–water partition coefficient (Wildman–Crippen LogP) is 3.98. The Hall–Kier alpha value is -2.71. The molecule has 3 aromatic rings. The molecule has 30 heavy (non-hydrogen) atoms. The Bertz CT molecular complexity index is 1180. The molecular formula is C21H20BrClN4O3. The number of halogens is 2. The summed E-state index contributed by atoms with van der Waals surface area (Å²) in [5, 5.41) is 6.36. The van der Waals surface area contributed by atoms with Crippen LogP contribution in [-0.4, -0.2) is 27.4 Å². The molecule has 3 rings (SSSR count). The number of amides is 2. The highest BCUT2D eigenvalue weighted by Crippen LogP contribution is 2.22. The molecule has 1 heterocycles. The molecule has 0 fully saturated rings. The van der Waals surface area contributed by atoms with Crippen molar-refractivity contribution >= 4 is 55.9 Å². The maximum atomic E-state index is 12.6. The molecule has 9 heteroatoms. The second-order valence-corrected chi connectivity index (χ2v) is 8.37. The lowest BCUT2D eigenvalue weighted by Gasteiger charge is -2.14. The summed E-state index contributed by atoms with van der Waals surface area (Å²) < 4.78 is 2.16. The second kappa shape index (κ2) is 9.40. The molecule has 0 bridgehead atoms. The normalized spacial score (nSPS) is 11.0. The second-order valence-electron chi connectivity index (χ2n) is 7.02. The fraction of sp³-hybridized carbons (Fsp3) is 0.238. The molecule has 0 aliphatic heterocycles. The monoisotopic (exact) mass is 490 g/mol. The molecule has 0 aliphatic rings. The number of nitrogens with zero attached hydrogens (tertiary/aromatic N) is 2. The fourth-order valence-electron chi connectivity index (χ4n) is 2.88. The van der Waals surface area contributed by atoms with Gasteiger partial charge in [0.1, 0.15) is 0 Å². The summed E-state index contributed by atoms with van der Waals surface area (Å²) in [6, 6.07) is 9.88. The number of carbonyl (C=O) groups excluding carboxylic acids is 2. The van der Waals surface area contributed by atoms with Gasteiger partial charge in [0.15, 0.2) is 0 Å². The summed E-state index contributed by atoms with van der Waals surface area (Å²) in [4.78, 5) is 41.8. The van der Waals surface area contributed by atoms with E-state index in [1.807, 2.05) is 19.9 Å². The molecule has 0 unspecified atom stereocenters. The number of aryl methyl sites for hydroxylation is 1. The van der Waals surface area contributed by atoms with Crippen molar-refractivity contribution in [2.75, 3.05) is 5.32 Å². The quantitative estimate of drug-likeness (QED) is 0.545. The lowest BCUT2D eigenvalue weighted by atomic mass is 10.1. The van der Waals surface area contributed by atoms with Crippen LogP contribution in [0.15, 0.2) is 52.0 Å². The van der Waals surface area contributed by atoms with E-state index in [2.05, 4.69) is 31.5 Å². The van der Waals surface area contributed by atoms with E-state index in [0.717, 1.165) is 4.47 Å². The highest BCUT2D eigenvalue weighted by atomic mass is 79.9. The number of aromatic nitrogens is 2. The average molecular weight is 492 g/mol. The third-order valence-corrected chi connectivity index (χ3v) is 5.01. The Kier molecular flexibility index (Phi) is 6.89. The maximum Gasteiger partial charge on any atom is 0.261 e. The van der Waals surface area contributed by atoms with Gasteiger partial charge < -0.3 is 10.6 Å². The summed E-state index contributed by atoms with van der Waals surface area (Å²) in [5.41, 5.74) is 0.992. The molecule has 2 aromatic carbocycles. The van der Waals surface area contributed by atoms with Crippen molar-refractivity contribution in [1.29, 1.82) is 0 Å². The third kappa shape index (κ3) is 5.25. The molecule has 0 aliphatic carbocycles. The Balaban J connectivity index is 1.75. The van der Waals surface area contributed by atoms with Crippen LogP contribution >= 0.6 is 27.5 Å². The number of anilines is 1. The minimum absolute atomic E-state index is 0.0266. The largest absolute Gasteiger partial charge is 0.350 e. The van der Waals surface area contributed by atoms with Crippen LogP contribution < -0.4 is 16.2 Å². The molecule has 2 N–H and O–H groups in total. The van der Waals surface area contributed by atoms with Gasteiger partial charge in [0.05, 0.1) is 28.5 Å². The van der Waals surface area contributed by atoms with E-state index in [9.17, 15) is 14.4 Å². The molecule has 0 saturated carbocycles. The Labute approximate surface area is 186 Å². The number of benzene rings is 2. The average Bonchev–Trinajstić information content (AvgIpc) is 2.67. The van der Waals surface area contributed by atoms with Gasteiger partial charge in [-0.15, -0.1) is 0 Å². The van der Waals surface area contributed by atoms with Gasteiger partial charge in [-0.1, -0.05) is 27.5 Å². The van der Waals surface area contributed by atoms with E-state index in [0.29, 0.717) is 27.2 Å². The van der Waals surface area contributed by atoms with Crippen molar-refractivity contribution in [3.63, 3.8) is 0 Å². The third-order valence-electron chi connectivity index (χ3n) is 4.29. The highest BCUT2D eigenvalue weighted by Gasteiger charge is 2.15. The summed E-state index contributed by atoms with van der Waals surface area (Å²) in [6.07, 6.45) is 1.45. The highest BCUT2D eigenvalue weighted by molar-refractivity contribution is 9.10. The van der Waals surface area contributed by atoms with E-state index in [1.54, 1.807) is 24.3 Å². The molecule has 2 amide bonds. The van der Waals surface area contributed by atoms with Gasteiger partial charge in [-0.05, 0) is 50.2 Å². The maximum absolute atomic E-state index is 12.6. The zero-order valence-corrected chi connectivity index (χ0v) is 18.8. The van der Waals surface area contributed by atoms with Crippen LogP contribution in [0.5, 0.6) is 0 Å². The van der Waals surface area contributed by atoms with Crippen LogP contribution in [0.2, 0.25) is 5.02 Å². The summed E-state index contributed by atoms with van der Waals surface area (Å²) in [5.74, 6) is -0.658. The Morgan fingerprint density at radius 1 is 1.20 bits per heavy atom. The molecule has 0 saturated heterocycles. The zero-order chi connectivity index (χ0) is 21.8. The molecular weight excluding hydrogens is 472 g/mol. The first-order valence-corrected chi connectivity index (χ1v) is 10.5. The SMILES string of the molecule is CC(C)NC(=O)c1ccc(Cl)cc1NC(=O)CCn1cnc2ccc(Br)cc2c1=O. The van der Waals surface area contributed by atoms with Crippen LogP contribution in [0.25, 0.3) is 10.9 Å². The van der Waals surface area contributed by atoms with Gasteiger partial charge in [-0.2, -0.15) is 0 Å². The first-order valence-electron chi connectivity index (χ1n) is 9.29. The van der Waals surface area contributed by atoms with E-state index in [4.69, 9.17) is 11.6 Å². The number of carbonyl (C=O) groups is 2. The number of fused-ring (bicyclic) bond motifs is 1. The van der Waals surface area contributed by atoms with Gasteiger partial charge in [0.25, 0.3) is 11.5 Å². The topological polar surface area (TPSA) is 93.1 Å². The number of rotatable bonds is 6. The van der Waals surface area contributed by atoms with Crippen LogP contribution in [0.3, 0.4) is 0 Å². The van der Waals surface area contributed by atoms with Crippen molar-refractivity contribution in [3.05, 3.63) is 68.1 Å². The van der Waals surface area contributed by atoms with Crippen molar-refractivity contribution in [2.45, 2.75) is 32.9 Å². The van der Waals surface area contributed by atoms with Gasteiger partial charge in [-0.25, -0.2) is 4.98 Å². The van der Waals surface area contributed by atoms with Crippen LogP contribution in [0, 0.1) is 0 Å². The van der Waals surface area contributed by atoms with Crippen molar-refractivity contribution in [3.8, 4) is 0 Å². The summed E-state index contributed by atoms with van der Waals surface area (Å²) in [6.45, 7) is 3.84. The van der Waals surface area contributed by atoms with Crippen molar-refractivity contribution in [1.82, 2.24) is 14.9 Å². The summed E-state index contributed by atoms with van der Waals surface area (Å²) in [7, 11) is 0. The number of hydrogen-bond acceptors (Lipinski definition) is 4. The molecule has 0 spiro atoms. The van der Waals surface area contributed by atoms with Crippen LogP contribution in [0.1, 0.15) is 30.6 Å². The summed E-state index contributed by atoms with van der Waals surface area (Å²) >= 11 is 9.38. The first-order chi connectivity index (χ1) is 14.2. The first kappa shape index (κ1) is 22.0. The van der Waals surface area contributed by atoms with Crippen molar-refractivity contribution in [2.24, 2.45) is 0 Å². The Morgan fingerprint density at radius 2 is 1.97 bits per heavy atom. The smallest absolute Gasteiger partial charge is 0.261 e. The van der Waals surface area contributed by atoms with E-state index in [-0.39, 0.29) is 36.4 Å². The molecule has 0 radical (unpaired) electrons. The lowest BCUT2D eigenvalue weighted by Crippen LogP contribution is -2.31. The van der Waals surface area contributed by atoms with Gasteiger partial charge in [0.2, 0.25) is 5.91 Å². The minimum atomic E-state index is -0.350. The van der Waals surface area contributed by atoms with Gasteiger partial charge >= 0.3 is 0 Å². The predicted molar refractivity (Wildman–Crippen MR) is 121 cm³/mol. The zero-order valence-electron chi connectivity index (χ0n) is 16.4. The van der Waals surface area contributed by atoms with Crippen LogP contribution in [0.4, 0.5) is 5.69 Å². The lowest BCUT2D eigenvalue weighted by molar-refractivity contribution is -0.116.